The zero-order chi connectivity index (χ0) is 9.52. The lowest BCUT2D eigenvalue weighted by Gasteiger charge is -2.01. The molecule has 1 aromatic rings. The second-order valence-electron chi connectivity index (χ2n) is 3.09. The molecular weight excluding hydrogens is 230 g/mol. The van der Waals surface area contributed by atoms with Crippen LogP contribution in [0.15, 0.2) is 16.9 Å². The van der Waals surface area contributed by atoms with Crippen LogP contribution in [0.3, 0.4) is 0 Å². The third-order valence-electron chi connectivity index (χ3n) is 1.92. The van der Waals surface area contributed by atoms with Crippen molar-refractivity contribution in [2.75, 3.05) is 13.6 Å². The fourth-order valence-corrected chi connectivity index (χ4v) is 1.54. The average Bonchev–Trinajstić information content (AvgIpc) is 2.51. The molecule has 1 aromatic heterocycles. The molecule has 0 aromatic carbocycles. The van der Waals surface area contributed by atoms with E-state index in [0.717, 1.165) is 17.6 Å². The Morgan fingerprint density at radius 3 is 2.92 bits per heavy atom. The number of nitrogens with one attached hydrogen (secondary N) is 1. The zero-order valence-electron chi connectivity index (χ0n) is 7.96. The molecule has 0 radical (unpaired) electrons. The first kappa shape index (κ1) is 10.7. The third-order valence-corrected chi connectivity index (χ3v) is 2.33. The number of unbranched alkanes of at least 4 members (excludes halogenated alkanes) is 2. The summed E-state index contributed by atoms with van der Waals surface area (Å²) in [7, 11) is 1.99. The number of nitrogens with zero attached hydrogens (tertiary/aromatic N) is 2. The molecule has 4 heteroatoms. The molecule has 0 bridgehead atoms. The smallest absolute Gasteiger partial charge is 0.0632 e. The highest BCUT2D eigenvalue weighted by Crippen LogP contribution is 2.07. The highest BCUT2D eigenvalue weighted by Gasteiger charge is 1.94. The maximum Gasteiger partial charge on any atom is 0.0632 e. The van der Waals surface area contributed by atoms with E-state index in [4.69, 9.17) is 0 Å². The molecule has 0 amide bonds. The Hall–Kier alpha value is -0.350. The number of aromatic nitrogens is 2. The fraction of sp³-hybridized carbons (Fsp3) is 0.667. The van der Waals surface area contributed by atoms with Crippen molar-refractivity contribution in [1.82, 2.24) is 15.1 Å². The van der Waals surface area contributed by atoms with Gasteiger partial charge >= 0.3 is 0 Å². The number of halogens is 1. The van der Waals surface area contributed by atoms with Crippen LogP contribution >= 0.6 is 15.9 Å². The van der Waals surface area contributed by atoms with Crippen LogP contribution in [0.1, 0.15) is 19.3 Å². The SMILES string of the molecule is CNCCCCCn1cc(Br)cn1. The molecule has 0 atom stereocenters. The second-order valence-corrected chi connectivity index (χ2v) is 4.00. The van der Waals surface area contributed by atoms with Crippen LogP contribution in [0, 0.1) is 0 Å². The van der Waals surface area contributed by atoms with Gasteiger partial charge in [-0.25, -0.2) is 0 Å². The van der Waals surface area contributed by atoms with Gasteiger partial charge in [0.05, 0.1) is 10.7 Å². The summed E-state index contributed by atoms with van der Waals surface area (Å²) in [6, 6.07) is 0. The van der Waals surface area contributed by atoms with E-state index in [1.807, 2.05) is 24.1 Å². The molecule has 13 heavy (non-hydrogen) atoms. The van der Waals surface area contributed by atoms with Crippen molar-refractivity contribution in [3.63, 3.8) is 0 Å². The monoisotopic (exact) mass is 245 g/mol. The topological polar surface area (TPSA) is 29.9 Å². The molecule has 1 heterocycles. The molecule has 0 saturated carbocycles. The van der Waals surface area contributed by atoms with Crippen LogP contribution in [0.25, 0.3) is 0 Å². The highest BCUT2D eigenvalue weighted by atomic mass is 79.9. The summed E-state index contributed by atoms with van der Waals surface area (Å²) in [5.74, 6) is 0. The molecule has 1 rings (SSSR count). The summed E-state index contributed by atoms with van der Waals surface area (Å²) in [4.78, 5) is 0. The number of hydrogen-bond donors (Lipinski definition) is 1. The molecule has 0 aliphatic carbocycles. The van der Waals surface area contributed by atoms with Gasteiger partial charge in [-0.05, 0) is 42.4 Å². The summed E-state index contributed by atoms with van der Waals surface area (Å²) >= 11 is 3.37. The van der Waals surface area contributed by atoms with Crippen molar-refractivity contribution < 1.29 is 0 Å². The summed E-state index contributed by atoms with van der Waals surface area (Å²) in [5.41, 5.74) is 0. The number of aryl methyl sites for hydroxylation is 1. The van der Waals surface area contributed by atoms with Gasteiger partial charge in [0.2, 0.25) is 0 Å². The Labute approximate surface area is 87.6 Å². The molecule has 74 valence electrons. The minimum atomic E-state index is 1.02. The predicted octanol–water partition coefficient (Wildman–Crippen LogP) is 2.04. The van der Waals surface area contributed by atoms with E-state index >= 15 is 0 Å². The van der Waals surface area contributed by atoms with E-state index in [9.17, 15) is 0 Å². The van der Waals surface area contributed by atoms with E-state index < -0.39 is 0 Å². The summed E-state index contributed by atoms with van der Waals surface area (Å²) < 4.78 is 3.03. The lowest BCUT2D eigenvalue weighted by Crippen LogP contribution is -2.07. The van der Waals surface area contributed by atoms with Gasteiger partial charge in [-0.1, -0.05) is 6.42 Å². The van der Waals surface area contributed by atoms with Crippen molar-refractivity contribution in [2.24, 2.45) is 0 Å². The van der Waals surface area contributed by atoms with Gasteiger partial charge in [-0.2, -0.15) is 5.10 Å². The van der Waals surface area contributed by atoms with Crippen molar-refractivity contribution in [3.8, 4) is 0 Å². The van der Waals surface area contributed by atoms with Crippen LogP contribution in [-0.4, -0.2) is 23.4 Å². The quantitative estimate of drug-likeness (QED) is 0.778. The zero-order valence-corrected chi connectivity index (χ0v) is 9.55. The average molecular weight is 246 g/mol. The molecule has 0 aliphatic heterocycles. The standard InChI is InChI=1S/C9H16BrN3/c1-11-5-3-2-4-6-13-8-9(10)7-12-13/h7-8,11H,2-6H2,1H3. The number of hydrogen-bond acceptors (Lipinski definition) is 2. The van der Waals surface area contributed by atoms with Gasteiger partial charge in [0.25, 0.3) is 0 Å². The van der Waals surface area contributed by atoms with Crippen LogP contribution in [-0.2, 0) is 6.54 Å². The van der Waals surface area contributed by atoms with Gasteiger partial charge in [0, 0.05) is 12.7 Å². The van der Waals surface area contributed by atoms with Crippen molar-refractivity contribution >= 4 is 15.9 Å². The van der Waals surface area contributed by atoms with Crippen LogP contribution in [0.5, 0.6) is 0 Å². The molecule has 0 fully saturated rings. The van der Waals surface area contributed by atoms with Crippen molar-refractivity contribution in [2.45, 2.75) is 25.8 Å². The largest absolute Gasteiger partial charge is 0.320 e. The van der Waals surface area contributed by atoms with Gasteiger partial charge in [-0.3, -0.25) is 4.68 Å². The molecule has 0 unspecified atom stereocenters. The maximum atomic E-state index is 4.19. The third kappa shape index (κ3) is 4.43. The number of rotatable bonds is 6. The minimum absolute atomic E-state index is 1.02. The highest BCUT2D eigenvalue weighted by molar-refractivity contribution is 9.10. The predicted molar refractivity (Wildman–Crippen MR) is 57.7 cm³/mol. The van der Waals surface area contributed by atoms with Crippen molar-refractivity contribution in [1.29, 1.82) is 0 Å². The van der Waals surface area contributed by atoms with Gasteiger partial charge in [0.1, 0.15) is 0 Å². The summed E-state index contributed by atoms with van der Waals surface area (Å²) in [6.07, 6.45) is 7.55. The van der Waals surface area contributed by atoms with E-state index in [2.05, 4.69) is 26.3 Å². The summed E-state index contributed by atoms with van der Waals surface area (Å²) in [6.45, 7) is 2.14. The molecule has 0 aliphatic rings. The van der Waals surface area contributed by atoms with E-state index in [1.54, 1.807) is 0 Å². The van der Waals surface area contributed by atoms with Crippen LogP contribution in [0.2, 0.25) is 0 Å². The van der Waals surface area contributed by atoms with Crippen LogP contribution < -0.4 is 5.32 Å². The lowest BCUT2D eigenvalue weighted by atomic mass is 10.2. The molecule has 3 nitrogen and oxygen atoms in total. The first-order valence-corrected chi connectivity index (χ1v) is 5.45. The Kier molecular flexibility index (Phi) is 5.08. The first-order chi connectivity index (χ1) is 6.33. The normalized spacial score (nSPS) is 10.6. The summed E-state index contributed by atoms with van der Waals surface area (Å²) in [5, 5.41) is 7.33. The van der Waals surface area contributed by atoms with Gasteiger partial charge in [0.15, 0.2) is 0 Å². The maximum absolute atomic E-state index is 4.19. The minimum Gasteiger partial charge on any atom is -0.320 e. The van der Waals surface area contributed by atoms with Crippen LogP contribution in [0.4, 0.5) is 0 Å². The molecule has 0 spiro atoms. The van der Waals surface area contributed by atoms with E-state index in [0.29, 0.717) is 0 Å². The van der Waals surface area contributed by atoms with Gasteiger partial charge < -0.3 is 5.32 Å². The first-order valence-electron chi connectivity index (χ1n) is 4.65. The second kappa shape index (κ2) is 6.16. The molecule has 0 saturated heterocycles. The lowest BCUT2D eigenvalue weighted by molar-refractivity contribution is 0.538. The fourth-order valence-electron chi connectivity index (χ4n) is 1.21. The van der Waals surface area contributed by atoms with E-state index in [1.165, 1.54) is 19.3 Å². The van der Waals surface area contributed by atoms with Crippen molar-refractivity contribution in [3.05, 3.63) is 16.9 Å². The van der Waals surface area contributed by atoms with Gasteiger partial charge in [-0.15, -0.1) is 0 Å². The Balaban J connectivity index is 2.06. The Bertz CT molecular complexity index is 235. The van der Waals surface area contributed by atoms with E-state index in [-0.39, 0.29) is 0 Å². The Morgan fingerprint density at radius 1 is 1.46 bits per heavy atom. The molecule has 1 N–H and O–H groups in total. The molecular formula is C9H16BrN3. The Morgan fingerprint density at radius 2 is 2.31 bits per heavy atom.